The summed E-state index contributed by atoms with van der Waals surface area (Å²) in [6.07, 6.45) is -0.117. The molecule has 1 atom stereocenters. The van der Waals surface area contributed by atoms with Gasteiger partial charge in [0.25, 0.3) is 5.91 Å². The molecule has 0 spiro atoms. The van der Waals surface area contributed by atoms with E-state index in [0.29, 0.717) is 18.0 Å². The summed E-state index contributed by atoms with van der Waals surface area (Å²) < 4.78 is 30.1. The van der Waals surface area contributed by atoms with E-state index < -0.39 is 23.8 Å². The summed E-state index contributed by atoms with van der Waals surface area (Å²) >= 11 is 0. The van der Waals surface area contributed by atoms with Gasteiger partial charge in [0.1, 0.15) is 17.3 Å². The largest absolute Gasteiger partial charge is 0.467 e. The van der Waals surface area contributed by atoms with Gasteiger partial charge in [0.2, 0.25) is 0 Å². The van der Waals surface area contributed by atoms with E-state index >= 15 is 0 Å². The van der Waals surface area contributed by atoms with E-state index in [0.717, 1.165) is 12.0 Å². The molecule has 154 valence electrons. The maximum atomic E-state index is 14.3. The van der Waals surface area contributed by atoms with Crippen LogP contribution in [-0.2, 0) is 20.7 Å². The Morgan fingerprint density at radius 2 is 1.93 bits per heavy atom. The lowest BCUT2D eigenvalue weighted by atomic mass is 10.1. The summed E-state index contributed by atoms with van der Waals surface area (Å²) in [6, 6.07) is 11.4. The molecule has 1 unspecified atom stereocenters. The van der Waals surface area contributed by atoms with Crippen LogP contribution >= 0.6 is 0 Å². The van der Waals surface area contributed by atoms with Crippen molar-refractivity contribution in [3.05, 3.63) is 59.4 Å². The molecule has 0 saturated carbocycles. The zero-order valence-corrected chi connectivity index (χ0v) is 16.1. The van der Waals surface area contributed by atoms with Gasteiger partial charge in [-0.25, -0.2) is 9.18 Å². The Labute approximate surface area is 168 Å². The molecule has 1 aliphatic heterocycles. The Morgan fingerprint density at radius 1 is 1.21 bits per heavy atom. The van der Waals surface area contributed by atoms with E-state index in [4.69, 9.17) is 15.2 Å². The smallest absolute Gasteiger partial charge is 0.336 e. The van der Waals surface area contributed by atoms with Crippen molar-refractivity contribution in [1.29, 1.82) is 0 Å². The Hall–Kier alpha value is -2.97. The first kappa shape index (κ1) is 20.8. The third kappa shape index (κ3) is 5.10. The first-order valence-electron chi connectivity index (χ1n) is 9.27. The summed E-state index contributed by atoms with van der Waals surface area (Å²) in [5, 5.41) is 0. The minimum absolute atomic E-state index is 0.00135. The van der Waals surface area contributed by atoms with Gasteiger partial charge in [0, 0.05) is 6.54 Å². The molecule has 0 bridgehead atoms. The molecule has 7 nitrogen and oxygen atoms in total. The van der Waals surface area contributed by atoms with Gasteiger partial charge in [-0.2, -0.15) is 0 Å². The fraction of sp³-hybridized carbons (Fsp3) is 0.333. The molecule has 2 aromatic rings. The zero-order valence-electron chi connectivity index (χ0n) is 16.1. The predicted molar refractivity (Wildman–Crippen MR) is 103 cm³/mol. The van der Waals surface area contributed by atoms with Gasteiger partial charge >= 0.3 is 5.97 Å². The third-order valence-corrected chi connectivity index (χ3v) is 4.58. The van der Waals surface area contributed by atoms with Crippen LogP contribution in [0.2, 0.25) is 0 Å². The first-order chi connectivity index (χ1) is 14.0. The number of nitrogens with two attached hydrogens (primary N) is 1. The van der Waals surface area contributed by atoms with Crippen LogP contribution in [0.25, 0.3) is 0 Å². The highest BCUT2D eigenvalue weighted by Crippen LogP contribution is 2.25. The maximum Gasteiger partial charge on any atom is 0.336 e. The SMILES string of the molecule is COC(=O)C1CN(C(=O)c2cc(Oc3ccc(CCN)cc3)ccc2F)CCO1. The molecule has 8 heteroatoms. The molecular formula is C21H23FN2O5. The molecular weight excluding hydrogens is 379 g/mol. The van der Waals surface area contributed by atoms with Crippen molar-refractivity contribution in [2.24, 2.45) is 5.73 Å². The van der Waals surface area contributed by atoms with Crippen molar-refractivity contribution >= 4 is 11.9 Å². The molecule has 1 amide bonds. The molecule has 2 aromatic carbocycles. The Morgan fingerprint density at radius 3 is 2.62 bits per heavy atom. The first-order valence-corrected chi connectivity index (χ1v) is 9.27. The fourth-order valence-corrected chi connectivity index (χ4v) is 3.04. The third-order valence-electron chi connectivity index (χ3n) is 4.58. The van der Waals surface area contributed by atoms with Gasteiger partial charge in [-0.3, -0.25) is 4.79 Å². The van der Waals surface area contributed by atoms with E-state index in [1.165, 1.54) is 30.2 Å². The van der Waals surface area contributed by atoms with Gasteiger partial charge in [0.05, 0.1) is 25.8 Å². The van der Waals surface area contributed by atoms with Gasteiger partial charge in [-0.05, 0) is 48.9 Å². The molecule has 2 N–H and O–H groups in total. The van der Waals surface area contributed by atoms with Crippen molar-refractivity contribution in [1.82, 2.24) is 4.90 Å². The van der Waals surface area contributed by atoms with E-state index in [9.17, 15) is 14.0 Å². The number of ether oxygens (including phenoxy) is 3. The second kappa shape index (κ2) is 9.49. The molecule has 1 aliphatic rings. The van der Waals surface area contributed by atoms with E-state index in [1.54, 1.807) is 12.1 Å². The molecule has 1 fully saturated rings. The number of carbonyl (C=O) groups is 2. The number of rotatable bonds is 6. The Kier molecular flexibility index (Phi) is 6.79. The molecule has 1 heterocycles. The number of morpholine rings is 1. The van der Waals surface area contributed by atoms with Crippen molar-refractivity contribution in [2.45, 2.75) is 12.5 Å². The van der Waals surface area contributed by atoms with Crippen LogP contribution in [0.4, 0.5) is 4.39 Å². The predicted octanol–water partition coefficient (Wildman–Crippen LogP) is 2.13. The number of methoxy groups -OCH3 is 1. The van der Waals surface area contributed by atoms with Gasteiger partial charge in [-0.1, -0.05) is 12.1 Å². The molecule has 3 rings (SSSR count). The topological polar surface area (TPSA) is 91.1 Å². The molecule has 29 heavy (non-hydrogen) atoms. The molecule has 1 saturated heterocycles. The van der Waals surface area contributed by atoms with Crippen LogP contribution < -0.4 is 10.5 Å². The minimum atomic E-state index is -0.882. The summed E-state index contributed by atoms with van der Waals surface area (Å²) in [5.41, 5.74) is 6.49. The lowest BCUT2D eigenvalue weighted by Gasteiger charge is -2.31. The number of esters is 1. The van der Waals surface area contributed by atoms with Gasteiger partial charge < -0.3 is 24.8 Å². The number of hydrogen-bond donors (Lipinski definition) is 1. The minimum Gasteiger partial charge on any atom is -0.467 e. The van der Waals surface area contributed by atoms with Gasteiger partial charge in [0.15, 0.2) is 6.10 Å². The van der Waals surface area contributed by atoms with E-state index in [1.807, 2.05) is 12.1 Å². The normalized spacial score (nSPS) is 16.4. The Balaban J connectivity index is 1.74. The van der Waals surface area contributed by atoms with Crippen LogP contribution in [0.3, 0.4) is 0 Å². The summed E-state index contributed by atoms with van der Waals surface area (Å²) in [6.45, 7) is 0.971. The summed E-state index contributed by atoms with van der Waals surface area (Å²) in [7, 11) is 1.25. The fourth-order valence-electron chi connectivity index (χ4n) is 3.04. The van der Waals surface area contributed by atoms with Crippen LogP contribution in [0.1, 0.15) is 15.9 Å². The number of hydrogen-bond acceptors (Lipinski definition) is 6. The average molecular weight is 402 g/mol. The van der Waals surface area contributed by atoms with Crippen molar-refractivity contribution in [2.75, 3.05) is 33.4 Å². The number of carbonyl (C=O) groups excluding carboxylic acids is 2. The van der Waals surface area contributed by atoms with E-state index in [-0.39, 0.29) is 25.3 Å². The highest BCUT2D eigenvalue weighted by atomic mass is 19.1. The maximum absolute atomic E-state index is 14.3. The highest BCUT2D eigenvalue weighted by molar-refractivity contribution is 5.95. The van der Waals surface area contributed by atoms with Crippen molar-refractivity contribution < 1.29 is 28.2 Å². The van der Waals surface area contributed by atoms with Crippen LogP contribution in [0, 0.1) is 5.82 Å². The quantitative estimate of drug-likeness (QED) is 0.745. The molecule has 0 radical (unpaired) electrons. The number of benzene rings is 2. The van der Waals surface area contributed by atoms with Crippen LogP contribution in [0.5, 0.6) is 11.5 Å². The van der Waals surface area contributed by atoms with E-state index in [2.05, 4.69) is 4.74 Å². The zero-order chi connectivity index (χ0) is 20.8. The lowest BCUT2D eigenvalue weighted by Crippen LogP contribution is -2.49. The number of halogens is 1. The monoisotopic (exact) mass is 402 g/mol. The number of amides is 1. The average Bonchev–Trinajstić information content (AvgIpc) is 2.75. The summed E-state index contributed by atoms with van der Waals surface area (Å²) in [5.74, 6) is -0.879. The second-order valence-electron chi connectivity index (χ2n) is 6.56. The molecule has 0 aliphatic carbocycles. The highest BCUT2D eigenvalue weighted by Gasteiger charge is 2.31. The lowest BCUT2D eigenvalue weighted by molar-refractivity contribution is -0.158. The van der Waals surface area contributed by atoms with Crippen molar-refractivity contribution in [3.8, 4) is 11.5 Å². The standard InChI is InChI=1S/C21H23FN2O5/c1-27-21(26)19-13-24(10-11-28-19)20(25)17-12-16(6-7-18(17)22)29-15-4-2-14(3-5-15)8-9-23/h2-7,12,19H,8-11,13,23H2,1H3. The summed E-state index contributed by atoms with van der Waals surface area (Å²) in [4.78, 5) is 25.9. The van der Waals surface area contributed by atoms with Crippen molar-refractivity contribution in [3.63, 3.8) is 0 Å². The van der Waals surface area contributed by atoms with Gasteiger partial charge in [-0.15, -0.1) is 0 Å². The molecule has 0 aromatic heterocycles. The Bertz CT molecular complexity index is 872. The van der Waals surface area contributed by atoms with Crippen LogP contribution in [0.15, 0.2) is 42.5 Å². The van der Waals surface area contributed by atoms with Crippen LogP contribution in [-0.4, -0.2) is 56.2 Å². The second-order valence-corrected chi connectivity index (χ2v) is 6.56. The number of nitrogens with zero attached hydrogens (tertiary/aromatic N) is 1.